The van der Waals surface area contributed by atoms with Gasteiger partial charge in [0.05, 0.1) is 0 Å². The average molecular weight is 920 g/mol. The van der Waals surface area contributed by atoms with Gasteiger partial charge in [-0.05, 0) is 120 Å². The first-order valence-electron chi connectivity index (χ1n) is 24.2. The zero-order chi connectivity index (χ0) is 46.4. The molecule has 5 nitrogen and oxygen atoms in total. The van der Waals surface area contributed by atoms with Crippen molar-refractivity contribution in [1.29, 1.82) is 0 Å². The zero-order valence-corrected chi connectivity index (χ0v) is 39.8. The second-order valence-corrected chi connectivity index (χ2v) is 19.9. The molecule has 12 rings (SSSR count). The van der Waals surface area contributed by atoms with Crippen LogP contribution in [0.15, 0.2) is 231 Å². The first-order valence-corrected chi connectivity index (χ1v) is 25.3. The molecule has 340 valence electrons. The number of methoxy groups -OCH3 is 2. The van der Waals surface area contributed by atoms with Gasteiger partial charge in [0.2, 0.25) is 0 Å². The standard InChI is InChI=1S/C63H54NO4P/c1-65-60-61(66-2)63(56-38-34-46-20-11-15-28-52(46)42-56,57-39-35-47-21-12-16-29-53(47)43-57)68-69(64-58(48-22-5-3-6-23-48)30-17-31-59(64)49-24-7-4-8-25-49)67-62(60,54-36-32-44-18-9-13-26-50(44)40-54)55-37-33-45-19-10-14-27-51(45)41-55/h3-16,18-29,32-43,58-61H,17,30-31H2,1-2H3/t58-,59-,60-,61-/m1/s1. The fraction of sp³-hybridized carbons (Fsp3) is 0.175. The molecule has 0 saturated carbocycles. The monoisotopic (exact) mass is 919 g/mol. The Labute approximate surface area is 405 Å². The van der Waals surface area contributed by atoms with Crippen LogP contribution in [0.1, 0.15) is 64.7 Å². The molecule has 10 aromatic carbocycles. The van der Waals surface area contributed by atoms with Crippen LogP contribution in [0.5, 0.6) is 0 Å². The van der Waals surface area contributed by atoms with Gasteiger partial charge in [-0.25, -0.2) is 4.67 Å². The van der Waals surface area contributed by atoms with Gasteiger partial charge >= 0.3 is 0 Å². The van der Waals surface area contributed by atoms with E-state index in [-0.39, 0.29) is 12.1 Å². The summed E-state index contributed by atoms with van der Waals surface area (Å²) in [5, 5.41) is 9.00. The Morgan fingerprint density at radius 2 is 0.667 bits per heavy atom. The Morgan fingerprint density at radius 3 is 0.971 bits per heavy atom. The van der Waals surface area contributed by atoms with Crippen molar-refractivity contribution < 1.29 is 18.5 Å². The van der Waals surface area contributed by atoms with Gasteiger partial charge < -0.3 is 18.5 Å². The van der Waals surface area contributed by atoms with Crippen LogP contribution in [0.3, 0.4) is 0 Å². The summed E-state index contributed by atoms with van der Waals surface area (Å²) in [6.45, 7) is 0. The molecule has 0 amide bonds. The maximum Gasteiger partial charge on any atom is 0.262 e. The molecule has 0 spiro atoms. The van der Waals surface area contributed by atoms with Gasteiger partial charge in [0, 0.05) is 26.3 Å². The molecule has 0 N–H and O–H groups in total. The first-order chi connectivity index (χ1) is 34.1. The summed E-state index contributed by atoms with van der Waals surface area (Å²) in [7, 11) is 1.56. The van der Waals surface area contributed by atoms with E-state index in [0.29, 0.717) is 0 Å². The highest BCUT2D eigenvalue weighted by molar-refractivity contribution is 7.44. The van der Waals surface area contributed by atoms with Crippen LogP contribution in [0, 0.1) is 0 Å². The molecule has 0 radical (unpaired) electrons. The predicted octanol–water partition coefficient (Wildman–Crippen LogP) is 15.8. The van der Waals surface area contributed by atoms with Crippen LogP contribution in [0.2, 0.25) is 0 Å². The van der Waals surface area contributed by atoms with Crippen molar-refractivity contribution in [3.8, 4) is 0 Å². The third-order valence-corrected chi connectivity index (χ3v) is 16.7. The van der Waals surface area contributed by atoms with Crippen molar-refractivity contribution in [3.05, 3.63) is 264 Å². The molecule has 2 aliphatic heterocycles. The van der Waals surface area contributed by atoms with E-state index in [1.54, 1.807) is 0 Å². The molecule has 0 bridgehead atoms. The van der Waals surface area contributed by atoms with Crippen molar-refractivity contribution in [2.24, 2.45) is 0 Å². The molecule has 2 heterocycles. The third kappa shape index (κ3) is 7.57. The summed E-state index contributed by atoms with van der Waals surface area (Å²) in [5.41, 5.74) is 3.69. The molecule has 2 fully saturated rings. The number of ether oxygens (including phenoxy) is 2. The van der Waals surface area contributed by atoms with Crippen molar-refractivity contribution in [1.82, 2.24) is 4.67 Å². The molecule has 4 atom stereocenters. The van der Waals surface area contributed by atoms with Gasteiger partial charge in [-0.2, -0.15) is 0 Å². The highest BCUT2D eigenvalue weighted by atomic mass is 31.2. The quantitative estimate of drug-likeness (QED) is 0.135. The van der Waals surface area contributed by atoms with E-state index < -0.39 is 31.9 Å². The van der Waals surface area contributed by atoms with Crippen LogP contribution in [0.25, 0.3) is 43.1 Å². The number of piperidine rings is 1. The Bertz CT molecular complexity index is 3050. The van der Waals surface area contributed by atoms with Gasteiger partial charge in [-0.3, -0.25) is 0 Å². The molecule has 0 unspecified atom stereocenters. The minimum Gasteiger partial charge on any atom is -0.375 e. The van der Waals surface area contributed by atoms with Gasteiger partial charge in [-0.15, -0.1) is 0 Å². The van der Waals surface area contributed by atoms with Gasteiger partial charge in [-0.1, -0.05) is 206 Å². The maximum absolute atomic E-state index is 8.48. The Hall–Kier alpha value is -6.53. The molecule has 0 aliphatic carbocycles. The van der Waals surface area contributed by atoms with Crippen molar-refractivity contribution in [2.45, 2.75) is 54.8 Å². The van der Waals surface area contributed by atoms with Crippen molar-refractivity contribution in [3.63, 3.8) is 0 Å². The molecule has 0 aromatic heterocycles. The molecular formula is C63H54NO4P. The van der Waals surface area contributed by atoms with Crippen molar-refractivity contribution in [2.75, 3.05) is 14.2 Å². The summed E-state index contributed by atoms with van der Waals surface area (Å²) in [4.78, 5) is 0. The lowest BCUT2D eigenvalue weighted by Gasteiger charge is -2.48. The highest BCUT2D eigenvalue weighted by Crippen LogP contribution is 2.68. The van der Waals surface area contributed by atoms with E-state index in [0.717, 1.165) is 84.6 Å². The normalized spacial score (nSPS) is 20.8. The van der Waals surface area contributed by atoms with E-state index in [4.69, 9.17) is 18.5 Å². The summed E-state index contributed by atoms with van der Waals surface area (Å²) in [6, 6.07) is 83.2. The molecule has 2 saturated heterocycles. The summed E-state index contributed by atoms with van der Waals surface area (Å²) in [6.07, 6.45) is 1.33. The number of hydrogen-bond donors (Lipinski definition) is 0. The number of benzene rings is 10. The number of hydrogen-bond acceptors (Lipinski definition) is 5. The van der Waals surface area contributed by atoms with Gasteiger partial charge in [0.25, 0.3) is 8.53 Å². The summed E-state index contributed by atoms with van der Waals surface area (Å²) in [5.74, 6) is 0. The van der Waals surface area contributed by atoms with Gasteiger partial charge in [0.1, 0.15) is 12.2 Å². The SMILES string of the molecule is CO[C@@H]1[C@@H](OC)C(c2ccc3ccccc3c2)(c2ccc3ccccc3c2)OP(N2[C@@H](c3ccccc3)CCC[C@@H]2c2ccccc2)OC1(c1ccc2ccccc2c1)c1ccc2ccccc2c1. The van der Waals surface area contributed by atoms with E-state index in [1.165, 1.54) is 11.1 Å². The van der Waals surface area contributed by atoms with E-state index >= 15 is 0 Å². The minimum absolute atomic E-state index is 0.0480. The number of fused-ring (bicyclic) bond motifs is 4. The Balaban J connectivity index is 1.23. The first kappa shape index (κ1) is 43.7. The Kier molecular flexibility index (Phi) is 11.7. The third-order valence-electron chi connectivity index (χ3n) is 14.9. The number of nitrogens with zero attached hydrogens (tertiary/aromatic N) is 1. The van der Waals surface area contributed by atoms with E-state index in [1.807, 2.05) is 14.2 Å². The van der Waals surface area contributed by atoms with Crippen LogP contribution >= 0.6 is 8.53 Å². The van der Waals surface area contributed by atoms with Crippen LogP contribution in [-0.2, 0) is 29.7 Å². The summed E-state index contributed by atoms with van der Waals surface area (Å²) < 4.78 is 34.0. The fourth-order valence-corrected chi connectivity index (χ4v) is 13.9. The molecule has 10 aromatic rings. The molecular weight excluding hydrogens is 866 g/mol. The van der Waals surface area contributed by atoms with E-state index in [9.17, 15) is 0 Å². The van der Waals surface area contributed by atoms with Gasteiger partial charge in [0.15, 0.2) is 11.2 Å². The summed E-state index contributed by atoms with van der Waals surface area (Å²) >= 11 is 0. The lowest BCUT2D eigenvalue weighted by atomic mass is 9.71. The lowest BCUT2D eigenvalue weighted by molar-refractivity contribution is -0.152. The van der Waals surface area contributed by atoms with Crippen LogP contribution in [0.4, 0.5) is 0 Å². The van der Waals surface area contributed by atoms with Crippen LogP contribution < -0.4 is 0 Å². The highest BCUT2D eigenvalue weighted by Gasteiger charge is 2.64. The second-order valence-electron chi connectivity index (χ2n) is 18.6. The van der Waals surface area contributed by atoms with Crippen molar-refractivity contribution >= 4 is 51.6 Å². The fourth-order valence-electron chi connectivity index (χ4n) is 11.6. The minimum atomic E-state index is -2.08. The lowest BCUT2D eigenvalue weighted by Crippen LogP contribution is -2.56. The average Bonchev–Trinajstić information content (AvgIpc) is 3.56. The largest absolute Gasteiger partial charge is 0.375 e. The maximum atomic E-state index is 8.48. The second kappa shape index (κ2) is 18.4. The predicted molar refractivity (Wildman–Crippen MR) is 282 cm³/mol. The molecule has 69 heavy (non-hydrogen) atoms. The zero-order valence-electron chi connectivity index (χ0n) is 38.9. The number of rotatable bonds is 9. The topological polar surface area (TPSA) is 40.2 Å². The van der Waals surface area contributed by atoms with E-state index in [2.05, 4.69) is 235 Å². The Morgan fingerprint density at radius 1 is 0.377 bits per heavy atom. The van der Waals surface area contributed by atoms with Crippen LogP contribution in [-0.4, -0.2) is 31.1 Å². The molecule has 2 aliphatic rings. The molecule has 6 heteroatoms. The smallest absolute Gasteiger partial charge is 0.262 e.